The Labute approximate surface area is 114 Å². The summed E-state index contributed by atoms with van der Waals surface area (Å²) in [7, 11) is 0. The van der Waals surface area contributed by atoms with Gasteiger partial charge in [0.15, 0.2) is 0 Å². The fourth-order valence-electron chi connectivity index (χ4n) is 1.64. The van der Waals surface area contributed by atoms with E-state index < -0.39 is 0 Å². The van der Waals surface area contributed by atoms with Gasteiger partial charge < -0.3 is 10.3 Å². The van der Waals surface area contributed by atoms with Crippen LogP contribution in [0.4, 0.5) is 5.82 Å². The van der Waals surface area contributed by atoms with Crippen molar-refractivity contribution in [2.45, 2.75) is 19.3 Å². The van der Waals surface area contributed by atoms with E-state index >= 15 is 0 Å². The molecule has 2 rings (SSSR count). The van der Waals surface area contributed by atoms with Crippen molar-refractivity contribution in [2.24, 2.45) is 0 Å². The molecule has 0 unspecified atom stereocenters. The zero-order chi connectivity index (χ0) is 12.8. The fourth-order valence-corrected chi connectivity index (χ4v) is 1.98. The van der Waals surface area contributed by atoms with Crippen LogP contribution in [-0.2, 0) is 11.2 Å². The smallest absolute Gasteiger partial charge is 0.225 e. The van der Waals surface area contributed by atoms with Crippen molar-refractivity contribution in [2.75, 3.05) is 5.32 Å². The molecule has 1 amide bonds. The molecule has 0 saturated heterocycles. The Bertz CT molecular complexity index is 511. The van der Waals surface area contributed by atoms with Crippen LogP contribution in [0, 0.1) is 0 Å². The van der Waals surface area contributed by atoms with E-state index in [1.54, 1.807) is 12.3 Å². The lowest BCUT2D eigenvalue weighted by Crippen LogP contribution is -2.12. The lowest BCUT2D eigenvalue weighted by atomic mass is 10.2. The van der Waals surface area contributed by atoms with Crippen LogP contribution in [0.2, 0.25) is 0 Å². The maximum absolute atomic E-state index is 11.7. The highest BCUT2D eigenvalue weighted by Gasteiger charge is 2.04. The number of carbonyl (C=O) groups excluding carboxylic acids is 1. The Morgan fingerprint density at radius 3 is 3.06 bits per heavy atom. The average Bonchev–Trinajstić information content (AvgIpc) is 2.82. The summed E-state index contributed by atoms with van der Waals surface area (Å²) in [5, 5.41) is 2.77. The van der Waals surface area contributed by atoms with Gasteiger partial charge in [0.25, 0.3) is 0 Å². The number of carbonyl (C=O) groups is 1. The summed E-state index contributed by atoms with van der Waals surface area (Å²) in [6.07, 6.45) is 5.74. The SMILES string of the molecule is O=C(CCCc1ccc[nH]1)Nc1cc(Br)ccn1. The van der Waals surface area contributed by atoms with E-state index in [4.69, 9.17) is 0 Å². The van der Waals surface area contributed by atoms with E-state index in [0.717, 1.165) is 23.0 Å². The van der Waals surface area contributed by atoms with Crippen LogP contribution in [0.15, 0.2) is 41.1 Å². The van der Waals surface area contributed by atoms with Gasteiger partial charge in [-0.1, -0.05) is 15.9 Å². The van der Waals surface area contributed by atoms with Crippen molar-refractivity contribution in [3.05, 3.63) is 46.8 Å². The van der Waals surface area contributed by atoms with E-state index in [1.165, 1.54) is 0 Å². The van der Waals surface area contributed by atoms with E-state index in [9.17, 15) is 4.79 Å². The molecule has 0 radical (unpaired) electrons. The molecule has 0 aliphatic heterocycles. The van der Waals surface area contributed by atoms with Crippen molar-refractivity contribution in [3.8, 4) is 0 Å². The van der Waals surface area contributed by atoms with Gasteiger partial charge in [-0.3, -0.25) is 4.79 Å². The van der Waals surface area contributed by atoms with E-state index in [0.29, 0.717) is 12.2 Å². The summed E-state index contributed by atoms with van der Waals surface area (Å²) < 4.78 is 0.902. The second-order valence-corrected chi connectivity index (χ2v) is 4.87. The normalized spacial score (nSPS) is 10.3. The molecule has 0 spiro atoms. The minimum atomic E-state index is -0.00726. The molecule has 0 atom stereocenters. The number of nitrogens with zero attached hydrogens (tertiary/aromatic N) is 1. The molecule has 2 heterocycles. The Morgan fingerprint density at radius 1 is 1.44 bits per heavy atom. The number of halogens is 1. The highest BCUT2D eigenvalue weighted by Crippen LogP contribution is 2.13. The van der Waals surface area contributed by atoms with Crippen molar-refractivity contribution < 1.29 is 4.79 Å². The van der Waals surface area contributed by atoms with Crippen molar-refractivity contribution in [1.29, 1.82) is 0 Å². The van der Waals surface area contributed by atoms with E-state index in [1.807, 2.05) is 24.4 Å². The van der Waals surface area contributed by atoms with Gasteiger partial charge in [0.1, 0.15) is 5.82 Å². The van der Waals surface area contributed by atoms with Crippen LogP contribution in [0.3, 0.4) is 0 Å². The van der Waals surface area contributed by atoms with E-state index in [-0.39, 0.29) is 5.91 Å². The monoisotopic (exact) mass is 307 g/mol. The van der Waals surface area contributed by atoms with Gasteiger partial charge in [-0.15, -0.1) is 0 Å². The Morgan fingerprint density at radius 2 is 2.33 bits per heavy atom. The number of hydrogen-bond donors (Lipinski definition) is 2. The van der Waals surface area contributed by atoms with Crippen LogP contribution in [0.25, 0.3) is 0 Å². The molecular formula is C13H14BrN3O. The first-order chi connectivity index (χ1) is 8.74. The fraction of sp³-hybridized carbons (Fsp3) is 0.231. The molecule has 2 N–H and O–H groups in total. The van der Waals surface area contributed by atoms with Crippen molar-refractivity contribution >= 4 is 27.7 Å². The second kappa shape index (κ2) is 6.35. The summed E-state index contributed by atoms with van der Waals surface area (Å²) in [6.45, 7) is 0. The molecule has 0 aliphatic rings. The first-order valence-electron chi connectivity index (χ1n) is 5.78. The number of aromatic amines is 1. The lowest BCUT2D eigenvalue weighted by molar-refractivity contribution is -0.116. The summed E-state index contributed by atoms with van der Waals surface area (Å²) in [4.78, 5) is 18.9. The zero-order valence-electron chi connectivity index (χ0n) is 9.82. The second-order valence-electron chi connectivity index (χ2n) is 3.96. The molecule has 0 fully saturated rings. The predicted octanol–water partition coefficient (Wildman–Crippen LogP) is 3.13. The third kappa shape index (κ3) is 4.00. The third-order valence-corrected chi connectivity index (χ3v) is 3.00. The molecule has 4 nitrogen and oxygen atoms in total. The highest BCUT2D eigenvalue weighted by atomic mass is 79.9. The maximum atomic E-state index is 11.7. The van der Waals surface area contributed by atoms with Crippen LogP contribution >= 0.6 is 15.9 Å². The first kappa shape index (κ1) is 12.8. The number of rotatable bonds is 5. The molecular weight excluding hydrogens is 294 g/mol. The number of amides is 1. The minimum absolute atomic E-state index is 0.00726. The first-order valence-corrected chi connectivity index (χ1v) is 6.57. The van der Waals surface area contributed by atoms with Gasteiger partial charge in [-0.05, 0) is 37.1 Å². The summed E-state index contributed by atoms with van der Waals surface area (Å²) in [5.74, 6) is 0.571. The van der Waals surface area contributed by atoms with E-state index in [2.05, 4.69) is 31.2 Å². The van der Waals surface area contributed by atoms with Gasteiger partial charge in [-0.2, -0.15) is 0 Å². The predicted molar refractivity (Wildman–Crippen MR) is 74.3 cm³/mol. The number of pyridine rings is 1. The molecule has 94 valence electrons. The number of nitrogens with one attached hydrogen (secondary N) is 2. The molecule has 2 aromatic rings. The lowest BCUT2D eigenvalue weighted by Gasteiger charge is -2.04. The van der Waals surface area contributed by atoms with Crippen LogP contribution in [0.1, 0.15) is 18.5 Å². The molecule has 0 saturated carbocycles. The average molecular weight is 308 g/mol. The standard InChI is InChI=1S/C13H14BrN3O/c14-10-6-8-16-12(9-10)17-13(18)5-1-3-11-4-2-7-15-11/h2,4,6-9,15H,1,3,5H2,(H,16,17,18). The quantitative estimate of drug-likeness (QED) is 0.891. The Kier molecular flexibility index (Phi) is 4.52. The maximum Gasteiger partial charge on any atom is 0.225 e. The Hall–Kier alpha value is -1.62. The highest BCUT2D eigenvalue weighted by molar-refractivity contribution is 9.10. The number of hydrogen-bond acceptors (Lipinski definition) is 2. The number of aromatic nitrogens is 2. The molecule has 0 aliphatic carbocycles. The van der Waals surface area contributed by atoms with Crippen molar-refractivity contribution in [1.82, 2.24) is 9.97 Å². The van der Waals surface area contributed by atoms with Gasteiger partial charge in [-0.25, -0.2) is 4.98 Å². The van der Waals surface area contributed by atoms with Crippen LogP contribution in [0.5, 0.6) is 0 Å². The van der Waals surface area contributed by atoms with Gasteiger partial charge in [0.05, 0.1) is 0 Å². The molecule has 5 heteroatoms. The molecule has 0 bridgehead atoms. The Balaban J connectivity index is 1.75. The van der Waals surface area contributed by atoms with Gasteiger partial charge in [0, 0.05) is 29.0 Å². The number of H-pyrrole nitrogens is 1. The third-order valence-electron chi connectivity index (χ3n) is 2.50. The number of anilines is 1. The van der Waals surface area contributed by atoms with Gasteiger partial charge in [0.2, 0.25) is 5.91 Å². The number of aryl methyl sites for hydroxylation is 1. The topological polar surface area (TPSA) is 57.8 Å². The molecule has 0 aromatic carbocycles. The van der Waals surface area contributed by atoms with Crippen molar-refractivity contribution in [3.63, 3.8) is 0 Å². The van der Waals surface area contributed by atoms with Crippen LogP contribution < -0.4 is 5.32 Å². The van der Waals surface area contributed by atoms with Crippen LogP contribution in [-0.4, -0.2) is 15.9 Å². The summed E-state index contributed by atoms with van der Waals surface area (Å²) >= 11 is 3.34. The molecule has 2 aromatic heterocycles. The zero-order valence-corrected chi connectivity index (χ0v) is 11.4. The minimum Gasteiger partial charge on any atom is -0.365 e. The summed E-state index contributed by atoms with van der Waals surface area (Å²) in [5.41, 5.74) is 1.16. The largest absolute Gasteiger partial charge is 0.365 e. The summed E-state index contributed by atoms with van der Waals surface area (Å²) in [6, 6.07) is 7.58. The molecule has 18 heavy (non-hydrogen) atoms. The van der Waals surface area contributed by atoms with Gasteiger partial charge >= 0.3 is 0 Å².